The molecule has 2 rings (SSSR count). The summed E-state index contributed by atoms with van der Waals surface area (Å²) in [5.74, 6) is -1.27. The quantitative estimate of drug-likeness (QED) is 0.185. The molecule has 0 amide bonds. The molecule has 0 bridgehead atoms. The first-order chi connectivity index (χ1) is 16.6. The first-order valence-electron chi connectivity index (χ1n) is 11.1. The van der Waals surface area contributed by atoms with Crippen LogP contribution in [-0.2, 0) is 11.5 Å². The standard InChI is InChI=1S/C29H31FO5/c1-18(10-12-24-20(3)15-27(34-6)22(5)21(24)4)8-7-9-19(2)14-28(31)35-26-13-11-23(17-30)16-25(26)29(32)33/h7-16H,17H2,1-6H3,(H,32,33)/b9-7+,12-10+,18-8+,19-14+. The van der Waals surface area contributed by atoms with Crippen molar-refractivity contribution >= 4 is 18.0 Å². The molecule has 184 valence electrons. The van der Waals surface area contributed by atoms with E-state index in [4.69, 9.17) is 9.47 Å². The van der Waals surface area contributed by atoms with E-state index in [1.807, 2.05) is 38.1 Å². The minimum Gasteiger partial charge on any atom is -0.496 e. The fourth-order valence-corrected chi connectivity index (χ4v) is 3.44. The van der Waals surface area contributed by atoms with E-state index >= 15 is 0 Å². The minimum atomic E-state index is -1.30. The molecule has 0 aliphatic carbocycles. The van der Waals surface area contributed by atoms with E-state index in [9.17, 15) is 19.1 Å². The smallest absolute Gasteiger partial charge is 0.339 e. The number of hydrogen-bond donors (Lipinski definition) is 1. The van der Waals surface area contributed by atoms with Crippen LogP contribution in [0.4, 0.5) is 4.39 Å². The van der Waals surface area contributed by atoms with E-state index in [0.29, 0.717) is 5.57 Å². The highest BCUT2D eigenvalue weighted by Gasteiger charge is 2.15. The molecule has 5 nitrogen and oxygen atoms in total. The summed E-state index contributed by atoms with van der Waals surface area (Å²) in [4.78, 5) is 23.6. The molecule has 0 aliphatic rings. The number of alkyl halides is 1. The van der Waals surface area contributed by atoms with Crippen molar-refractivity contribution in [1.29, 1.82) is 0 Å². The van der Waals surface area contributed by atoms with Gasteiger partial charge in [0, 0.05) is 6.08 Å². The van der Waals surface area contributed by atoms with E-state index in [0.717, 1.165) is 34.1 Å². The summed E-state index contributed by atoms with van der Waals surface area (Å²) in [6.07, 6.45) is 10.8. The van der Waals surface area contributed by atoms with Gasteiger partial charge >= 0.3 is 11.9 Å². The van der Waals surface area contributed by atoms with Crippen LogP contribution in [0, 0.1) is 20.8 Å². The van der Waals surface area contributed by atoms with E-state index < -0.39 is 18.6 Å². The van der Waals surface area contributed by atoms with Crippen molar-refractivity contribution in [3.05, 3.63) is 99.2 Å². The first-order valence-corrected chi connectivity index (χ1v) is 11.1. The Hall–Kier alpha value is -3.93. The van der Waals surface area contributed by atoms with Gasteiger partial charge in [0.25, 0.3) is 0 Å². The fraction of sp³-hybridized carbons (Fsp3) is 0.241. The second-order valence-corrected chi connectivity index (χ2v) is 8.24. The number of allylic oxidation sites excluding steroid dienone is 6. The Morgan fingerprint density at radius 2 is 1.71 bits per heavy atom. The van der Waals surface area contributed by atoms with Crippen molar-refractivity contribution in [2.24, 2.45) is 0 Å². The number of esters is 1. The Labute approximate surface area is 205 Å². The molecule has 6 heteroatoms. The first kappa shape index (κ1) is 27.3. The summed E-state index contributed by atoms with van der Waals surface area (Å²) in [5, 5.41) is 9.27. The van der Waals surface area contributed by atoms with Crippen LogP contribution >= 0.6 is 0 Å². The van der Waals surface area contributed by atoms with Gasteiger partial charge < -0.3 is 14.6 Å². The molecule has 0 aliphatic heterocycles. The van der Waals surface area contributed by atoms with E-state index in [2.05, 4.69) is 19.9 Å². The highest BCUT2D eigenvalue weighted by Crippen LogP contribution is 2.28. The Morgan fingerprint density at radius 3 is 2.34 bits per heavy atom. The monoisotopic (exact) mass is 478 g/mol. The van der Waals surface area contributed by atoms with Gasteiger partial charge in [-0.15, -0.1) is 0 Å². The van der Waals surface area contributed by atoms with Gasteiger partial charge in [0.05, 0.1) is 7.11 Å². The molecule has 0 saturated heterocycles. The number of rotatable bonds is 9. The number of carboxylic acids is 1. The third-order valence-corrected chi connectivity index (χ3v) is 5.54. The highest BCUT2D eigenvalue weighted by molar-refractivity contribution is 5.93. The molecule has 0 radical (unpaired) electrons. The molecule has 0 atom stereocenters. The van der Waals surface area contributed by atoms with Gasteiger partial charge in [0.2, 0.25) is 0 Å². The van der Waals surface area contributed by atoms with Crippen LogP contribution in [0.15, 0.2) is 65.8 Å². The largest absolute Gasteiger partial charge is 0.496 e. The molecule has 0 saturated carbocycles. The summed E-state index contributed by atoms with van der Waals surface area (Å²) >= 11 is 0. The molecule has 2 aromatic rings. The maximum absolute atomic E-state index is 12.8. The molecule has 0 fully saturated rings. The van der Waals surface area contributed by atoms with Crippen LogP contribution in [-0.4, -0.2) is 24.2 Å². The number of aromatic carboxylic acids is 1. The van der Waals surface area contributed by atoms with Gasteiger partial charge in [-0.2, -0.15) is 0 Å². The SMILES string of the molecule is COc1cc(C)c(/C=C/C(C)=C/C=C/C(C)=C/C(=O)Oc2ccc(CF)cc2C(=O)O)c(C)c1C. The summed E-state index contributed by atoms with van der Waals surface area (Å²) in [5.41, 5.74) is 6.13. The molecule has 0 spiro atoms. The van der Waals surface area contributed by atoms with Gasteiger partial charge in [0.15, 0.2) is 0 Å². The van der Waals surface area contributed by atoms with E-state index in [1.54, 1.807) is 20.1 Å². The van der Waals surface area contributed by atoms with Gasteiger partial charge in [-0.3, -0.25) is 0 Å². The minimum absolute atomic E-state index is 0.132. The number of carbonyl (C=O) groups excluding carboxylic acids is 1. The summed E-state index contributed by atoms with van der Waals surface area (Å²) in [6, 6.07) is 5.84. The number of ether oxygens (including phenoxy) is 2. The van der Waals surface area contributed by atoms with Crippen molar-refractivity contribution in [1.82, 2.24) is 0 Å². The number of halogens is 1. The number of carboxylic acid groups (broad SMARTS) is 1. The number of methoxy groups -OCH3 is 1. The second-order valence-electron chi connectivity index (χ2n) is 8.24. The number of benzene rings is 2. The van der Waals surface area contributed by atoms with Gasteiger partial charge in [-0.1, -0.05) is 42.0 Å². The lowest BCUT2D eigenvalue weighted by atomic mass is 9.96. The molecular weight excluding hydrogens is 447 g/mol. The van der Waals surface area contributed by atoms with Crippen LogP contribution < -0.4 is 9.47 Å². The van der Waals surface area contributed by atoms with Crippen molar-refractivity contribution in [2.75, 3.05) is 7.11 Å². The molecule has 2 aromatic carbocycles. The summed E-state index contributed by atoms with van der Waals surface area (Å²) in [7, 11) is 1.67. The molecule has 0 heterocycles. The third-order valence-electron chi connectivity index (χ3n) is 5.54. The lowest BCUT2D eigenvalue weighted by Gasteiger charge is -2.13. The maximum Gasteiger partial charge on any atom is 0.339 e. The topological polar surface area (TPSA) is 72.8 Å². The van der Waals surface area contributed by atoms with Crippen molar-refractivity contribution in [3.63, 3.8) is 0 Å². The molecule has 0 aromatic heterocycles. The average Bonchev–Trinajstić information content (AvgIpc) is 2.81. The van der Waals surface area contributed by atoms with Crippen LogP contribution in [0.5, 0.6) is 11.5 Å². The zero-order valence-corrected chi connectivity index (χ0v) is 20.9. The highest BCUT2D eigenvalue weighted by atomic mass is 19.1. The Balaban J connectivity index is 2.09. The van der Waals surface area contributed by atoms with Gasteiger partial charge in [0.1, 0.15) is 23.7 Å². The fourth-order valence-electron chi connectivity index (χ4n) is 3.44. The Bertz CT molecular complexity index is 1230. The zero-order chi connectivity index (χ0) is 26.1. The predicted octanol–water partition coefficient (Wildman–Crippen LogP) is 6.86. The van der Waals surface area contributed by atoms with Crippen molar-refractivity contribution in [3.8, 4) is 11.5 Å². The predicted molar refractivity (Wildman–Crippen MR) is 137 cm³/mol. The van der Waals surface area contributed by atoms with Crippen molar-refractivity contribution in [2.45, 2.75) is 41.3 Å². The van der Waals surface area contributed by atoms with Crippen molar-refractivity contribution < 1.29 is 28.6 Å². The number of aryl methyl sites for hydroxylation is 1. The van der Waals surface area contributed by atoms with E-state index in [-0.39, 0.29) is 16.9 Å². The molecule has 0 unspecified atom stereocenters. The van der Waals surface area contributed by atoms with Crippen LogP contribution in [0.25, 0.3) is 6.08 Å². The normalized spacial score (nSPS) is 12.4. The number of hydrogen-bond acceptors (Lipinski definition) is 4. The summed E-state index contributed by atoms with van der Waals surface area (Å²) < 4.78 is 23.4. The Kier molecular flexibility index (Phi) is 9.76. The Morgan fingerprint density at radius 1 is 1.00 bits per heavy atom. The van der Waals surface area contributed by atoms with Crippen LogP contribution in [0.1, 0.15) is 52.0 Å². The second kappa shape index (κ2) is 12.5. The summed E-state index contributed by atoms with van der Waals surface area (Å²) in [6.45, 7) is 9.07. The maximum atomic E-state index is 12.8. The number of carbonyl (C=O) groups is 2. The molecular formula is C29H31FO5. The zero-order valence-electron chi connectivity index (χ0n) is 20.9. The van der Waals surface area contributed by atoms with Gasteiger partial charge in [-0.25, -0.2) is 14.0 Å². The third kappa shape index (κ3) is 7.54. The molecule has 35 heavy (non-hydrogen) atoms. The van der Waals surface area contributed by atoms with Gasteiger partial charge in [-0.05, 0) is 86.2 Å². The lowest BCUT2D eigenvalue weighted by molar-refractivity contribution is -0.129. The van der Waals surface area contributed by atoms with E-state index in [1.165, 1.54) is 23.8 Å². The molecule has 1 N–H and O–H groups in total. The lowest BCUT2D eigenvalue weighted by Crippen LogP contribution is -2.09. The average molecular weight is 479 g/mol. The van der Waals surface area contributed by atoms with Crippen LogP contribution in [0.2, 0.25) is 0 Å². The van der Waals surface area contributed by atoms with Crippen LogP contribution in [0.3, 0.4) is 0 Å².